The standard InChI is InChI=1S/C18H20N2/c1-4-20(18-9-5-14(2)6-10-18)13-17-8-7-16(12-19)11-15(17)3/h5-11H,4,13H2,1-3H3. The Morgan fingerprint density at radius 3 is 2.30 bits per heavy atom. The molecule has 0 atom stereocenters. The summed E-state index contributed by atoms with van der Waals surface area (Å²) in [6.45, 7) is 8.17. The first-order valence-corrected chi connectivity index (χ1v) is 6.95. The average molecular weight is 264 g/mol. The third-order valence-corrected chi connectivity index (χ3v) is 3.61. The second-order valence-electron chi connectivity index (χ2n) is 5.10. The number of aryl methyl sites for hydroxylation is 2. The van der Waals surface area contributed by atoms with Crippen LogP contribution in [0.3, 0.4) is 0 Å². The maximum Gasteiger partial charge on any atom is 0.0991 e. The first-order valence-electron chi connectivity index (χ1n) is 6.95. The Balaban J connectivity index is 2.22. The molecule has 0 aliphatic heterocycles. The monoisotopic (exact) mass is 264 g/mol. The number of hydrogen-bond donors (Lipinski definition) is 0. The molecule has 0 heterocycles. The van der Waals surface area contributed by atoms with Crippen molar-refractivity contribution in [2.45, 2.75) is 27.3 Å². The third-order valence-electron chi connectivity index (χ3n) is 3.61. The zero-order valence-electron chi connectivity index (χ0n) is 12.4. The fourth-order valence-corrected chi connectivity index (χ4v) is 2.29. The number of rotatable bonds is 4. The van der Waals surface area contributed by atoms with Gasteiger partial charge >= 0.3 is 0 Å². The summed E-state index contributed by atoms with van der Waals surface area (Å²) in [5, 5.41) is 8.92. The highest BCUT2D eigenvalue weighted by atomic mass is 15.1. The van der Waals surface area contributed by atoms with Crippen molar-refractivity contribution in [2.24, 2.45) is 0 Å². The van der Waals surface area contributed by atoms with Gasteiger partial charge in [0.2, 0.25) is 0 Å². The Morgan fingerprint density at radius 1 is 1.05 bits per heavy atom. The molecular formula is C18H20N2. The molecule has 0 amide bonds. The normalized spacial score (nSPS) is 10.1. The fourth-order valence-electron chi connectivity index (χ4n) is 2.29. The van der Waals surface area contributed by atoms with E-state index in [2.05, 4.69) is 62.1 Å². The molecule has 0 fully saturated rings. The van der Waals surface area contributed by atoms with Crippen LogP contribution in [0.25, 0.3) is 0 Å². The van der Waals surface area contributed by atoms with Crippen molar-refractivity contribution in [2.75, 3.05) is 11.4 Å². The van der Waals surface area contributed by atoms with Gasteiger partial charge in [0.05, 0.1) is 11.6 Å². The van der Waals surface area contributed by atoms with Crippen molar-refractivity contribution >= 4 is 5.69 Å². The van der Waals surface area contributed by atoms with Gasteiger partial charge in [0.15, 0.2) is 0 Å². The fraction of sp³-hybridized carbons (Fsp3) is 0.278. The van der Waals surface area contributed by atoms with Crippen LogP contribution in [-0.2, 0) is 6.54 Å². The minimum atomic E-state index is 0.727. The molecule has 0 saturated carbocycles. The van der Waals surface area contributed by atoms with E-state index in [0.717, 1.165) is 18.7 Å². The van der Waals surface area contributed by atoms with Gasteiger partial charge in [0, 0.05) is 18.8 Å². The van der Waals surface area contributed by atoms with E-state index in [1.807, 2.05) is 12.1 Å². The average Bonchev–Trinajstić information content (AvgIpc) is 2.47. The van der Waals surface area contributed by atoms with Crippen LogP contribution < -0.4 is 4.90 Å². The molecule has 0 aromatic heterocycles. The topological polar surface area (TPSA) is 27.0 Å². The lowest BCUT2D eigenvalue weighted by Crippen LogP contribution is -2.22. The summed E-state index contributed by atoms with van der Waals surface area (Å²) >= 11 is 0. The van der Waals surface area contributed by atoms with Gasteiger partial charge in [-0.2, -0.15) is 5.26 Å². The summed E-state index contributed by atoms with van der Waals surface area (Å²) in [4.78, 5) is 2.34. The summed E-state index contributed by atoms with van der Waals surface area (Å²) in [6, 6.07) is 16.7. The summed E-state index contributed by atoms with van der Waals surface area (Å²) in [5.74, 6) is 0. The van der Waals surface area contributed by atoms with Gasteiger partial charge in [-0.05, 0) is 56.2 Å². The molecule has 2 rings (SSSR count). The van der Waals surface area contributed by atoms with Gasteiger partial charge in [-0.1, -0.05) is 23.8 Å². The Hall–Kier alpha value is -2.27. The van der Waals surface area contributed by atoms with Crippen LogP contribution in [0.4, 0.5) is 5.69 Å². The van der Waals surface area contributed by atoms with Crippen molar-refractivity contribution < 1.29 is 0 Å². The molecule has 102 valence electrons. The van der Waals surface area contributed by atoms with Crippen LogP contribution >= 0.6 is 0 Å². The first-order chi connectivity index (χ1) is 9.63. The van der Waals surface area contributed by atoms with E-state index in [1.165, 1.54) is 22.4 Å². The lowest BCUT2D eigenvalue weighted by atomic mass is 10.0. The number of hydrogen-bond acceptors (Lipinski definition) is 2. The Bertz CT molecular complexity index is 621. The van der Waals surface area contributed by atoms with E-state index < -0.39 is 0 Å². The zero-order valence-corrected chi connectivity index (χ0v) is 12.4. The van der Waals surface area contributed by atoms with Crippen LogP contribution in [0.15, 0.2) is 42.5 Å². The molecule has 0 unspecified atom stereocenters. The van der Waals surface area contributed by atoms with E-state index in [1.54, 1.807) is 0 Å². The summed E-state index contributed by atoms with van der Waals surface area (Å²) < 4.78 is 0. The van der Waals surface area contributed by atoms with E-state index in [4.69, 9.17) is 5.26 Å². The highest BCUT2D eigenvalue weighted by Crippen LogP contribution is 2.20. The van der Waals surface area contributed by atoms with Gasteiger partial charge in [-0.25, -0.2) is 0 Å². The Labute approximate surface area is 121 Å². The molecule has 0 N–H and O–H groups in total. The van der Waals surface area contributed by atoms with E-state index in [9.17, 15) is 0 Å². The van der Waals surface area contributed by atoms with Crippen LogP contribution in [-0.4, -0.2) is 6.54 Å². The quantitative estimate of drug-likeness (QED) is 0.827. The summed E-state index contributed by atoms with van der Waals surface area (Å²) in [5.41, 5.74) is 5.69. The second kappa shape index (κ2) is 6.25. The van der Waals surface area contributed by atoms with Gasteiger partial charge in [0.1, 0.15) is 0 Å². The molecule has 2 heteroatoms. The summed E-state index contributed by atoms with van der Waals surface area (Å²) in [7, 11) is 0. The van der Waals surface area contributed by atoms with Crippen molar-refractivity contribution in [1.82, 2.24) is 0 Å². The van der Waals surface area contributed by atoms with Gasteiger partial charge in [-0.15, -0.1) is 0 Å². The zero-order chi connectivity index (χ0) is 14.5. The molecule has 2 aromatic rings. The first kappa shape index (κ1) is 14.1. The molecule has 0 spiro atoms. The molecule has 2 aromatic carbocycles. The van der Waals surface area contributed by atoms with Gasteiger partial charge < -0.3 is 4.90 Å². The van der Waals surface area contributed by atoms with Gasteiger partial charge in [0.25, 0.3) is 0 Å². The van der Waals surface area contributed by atoms with Gasteiger partial charge in [-0.3, -0.25) is 0 Å². The second-order valence-corrected chi connectivity index (χ2v) is 5.10. The highest BCUT2D eigenvalue weighted by Gasteiger charge is 2.07. The molecule has 0 bridgehead atoms. The SMILES string of the molecule is CCN(Cc1ccc(C#N)cc1C)c1ccc(C)cc1. The Kier molecular flexibility index (Phi) is 4.42. The van der Waals surface area contributed by atoms with Crippen molar-refractivity contribution in [3.8, 4) is 6.07 Å². The van der Waals surface area contributed by atoms with Crippen molar-refractivity contribution in [3.05, 3.63) is 64.7 Å². The van der Waals surface area contributed by atoms with Crippen LogP contribution in [0.2, 0.25) is 0 Å². The molecule has 0 aliphatic carbocycles. The number of anilines is 1. The van der Waals surface area contributed by atoms with Crippen LogP contribution in [0.5, 0.6) is 0 Å². The molecule has 0 saturated heterocycles. The molecular weight excluding hydrogens is 244 g/mol. The Morgan fingerprint density at radius 2 is 1.75 bits per heavy atom. The number of nitrogens with zero attached hydrogens (tertiary/aromatic N) is 2. The van der Waals surface area contributed by atoms with Crippen LogP contribution in [0.1, 0.15) is 29.2 Å². The summed E-state index contributed by atoms with van der Waals surface area (Å²) in [6.07, 6.45) is 0. The number of nitriles is 1. The molecule has 0 aliphatic rings. The number of benzene rings is 2. The highest BCUT2D eigenvalue weighted by molar-refractivity contribution is 5.49. The maximum absolute atomic E-state index is 8.92. The molecule has 20 heavy (non-hydrogen) atoms. The lowest BCUT2D eigenvalue weighted by Gasteiger charge is -2.24. The smallest absolute Gasteiger partial charge is 0.0991 e. The van der Waals surface area contributed by atoms with E-state index in [0.29, 0.717) is 0 Å². The molecule has 0 radical (unpaired) electrons. The lowest BCUT2D eigenvalue weighted by molar-refractivity contribution is 0.827. The minimum Gasteiger partial charge on any atom is -0.367 e. The predicted molar refractivity (Wildman–Crippen MR) is 83.8 cm³/mol. The van der Waals surface area contributed by atoms with Crippen molar-refractivity contribution in [1.29, 1.82) is 5.26 Å². The minimum absolute atomic E-state index is 0.727. The third kappa shape index (κ3) is 3.19. The molecule has 2 nitrogen and oxygen atoms in total. The predicted octanol–water partition coefficient (Wildman–Crippen LogP) is 4.20. The van der Waals surface area contributed by atoms with E-state index >= 15 is 0 Å². The van der Waals surface area contributed by atoms with Crippen LogP contribution in [0, 0.1) is 25.2 Å². The largest absolute Gasteiger partial charge is 0.367 e. The van der Waals surface area contributed by atoms with E-state index in [-0.39, 0.29) is 0 Å². The maximum atomic E-state index is 8.92. The van der Waals surface area contributed by atoms with Crippen molar-refractivity contribution in [3.63, 3.8) is 0 Å².